The largest absolute Gasteiger partial charge is 0.330 e. The number of nitro benzene ring substituents is 1. The molecule has 0 radical (unpaired) electrons. The second kappa shape index (κ2) is 6.86. The van der Waals surface area contributed by atoms with Gasteiger partial charge < -0.3 is 5.73 Å². The lowest BCUT2D eigenvalue weighted by molar-refractivity contribution is -0.385. The van der Waals surface area contributed by atoms with E-state index in [1.165, 1.54) is 29.5 Å². The Morgan fingerprint density at radius 2 is 2.14 bits per heavy atom. The number of amides is 1. The van der Waals surface area contributed by atoms with E-state index in [1.807, 2.05) is 0 Å². The van der Waals surface area contributed by atoms with Gasteiger partial charge in [0, 0.05) is 12.5 Å². The number of nitro groups is 1. The van der Waals surface area contributed by atoms with Crippen molar-refractivity contribution in [3.63, 3.8) is 0 Å². The van der Waals surface area contributed by atoms with Crippen molar-refractivity contribution in [1.82, 2.24) is 10.2 Å². The Kier molecular flexibility index (Phi) is 4.90. The first-order valence-electron chi connectivity index (χ1n) is 6.19. The second-order valence-corrected chi connectivity index (χ2v) is 5.18. The summed E-state index contributed by atoms with van der Waals surface area (Å²) >= 11 is 1.23. The minimum Gasteiger partial charge on any atom is -0.330 e. The molecule has 0 unspecified atom stereocenters. The van der Waals surface area contributed by atoms with Crippen molar-refractivity contribution in [3.05, 3.63) is 45.0 Å². The van der Waals surface area contributed by atoms with Crippen LogP contribution in [0.25, 0.3) is 0 Å². The van der Waals surface area contributed by atoms with E-state index in [-0.39, 0.29) is 11.3 Å². The molecule has 0 bridgehead atoms. The van der Waals surface area contributed by atoms with Crippen LogP contribution in [-0.4, -0.2) is 27.6 Å². The van der Waals surface area contributed by atoms with Gasteiger partial charge in [-0.1, -0.05) is 23.5 Å². The van der Waals surface area contributed by atoms with E-state index in [0.717, 1.165) is 11.4 Å². The van der Waals surface area contributed by atoms with Crippen molar-refractivity contribution >= 4 is 28.1 Å². The number of hydrogen-bond acceptors (Lipinski definition) is 7. The van der Waals surface area contributed by atoms with Crippen molar-refractivity contribution < 1.29 is 9.72 Å². The molecule has 1 heterocycles. The molecular weight excluding hydrogens is 294 g/mol. The molecule has 1 amide bonds. The minimum absolute atomic E-state index is 0.0128. The highest BCUT2D eigenvalue weighted by Gasteiger charge is 2.20. The first-order chi connectivity index (χ1) is 10.1. The predicted molar refractivity (Wildman–Crippen MR) is 78.3 cm³/mol. The van der Waals surface area contributed by atoms with Crippen LogP contribution < -0.4 is 11.1 Å². The first-order valence-corrected chi connectivity index (χ1v) is 7.00. The minimum atomic E-state index is -0.596. The highest BCUT2D eigenvalue weighted by Crippen LogP contribution is 2.21. The maximum atomic E-state index is 12.1. The van der Waals surface area contributed by atoms with Crippen LogP contribution >= 0.6 is 11.3 Å². The highest BCUT2D eigenvalue weighted by molar-refractivity contribution is 7.15. The fraction of sp³-hybridized carbons (Fsp3) is 0.250. The van der Waals surface area contributed by atoms with Crippen LogP contribution in [0.5, 0.6) is 0 Å². The Morgan fingerprint density at radius 3 is 2.86 bits per heavy atom. The quantitative estimate of drug-likeness (QED) is 0.617. The van der Waals surface area contributed by atoms with E-state index >= 15 is 0 Å². The summed E-state index contributed by atoms with van der Waals surface area (Å²) in [6, 6.07) is 5.74. The standard InChI is InChI=1S/C12H13N5O3S/c13-7-3-6-10-15-16-12(21-10)14-11(18)8-4-1-2-5-9(8)17(19)20/h1-2,4-5H,3,6-7,13H2,(H,14,16,18). The first kappa shape index (κ1) is 15.0. The Labute approximate surface area is 124 Å². The molecule has 0 spiro atoms. The summed E-state index contributed by atoms with van der Waals surface area (Å²) in [5.41, 5.74) is 5.15. The monoisotopic (exact) mass is 307 g/mol. The molecular formula is C12H13N5O3S. The summed E-state index contributed by atoms with van der Waals surface area (Å²) in [4.78, 5) is 22.4. The summed E-state index contributed by atoms with van der Waals surface area (Å²) in [5, 5.41) is 22.2. The topological polar surface area (TPSA) is 124 Å². The van der Waals surface area contributed by atoms with Crippen LogP contribution in [0, 0.1) is 10.1 Å². The van der Waals surface area contributed by atoms with Gasteiger partial charge in [-0.3, -0.25) is 20.2 Å². The van der Waals surface area contributed by atoms with E-state index in [4.69, 9.17) is 5.73 Å². The van der Waals surface area contributed by atoms with Crippen LogP contribution in [0.3, 0.4) is 0 Å². The van der Waals surface area contributed by atoms with Crippen LogP contribution in [-0.2, 0) is 6.42 Å². The van der Waals surface area contributed by atoms with Crippen LogP contribution in [0.4, 0.5) is 10.8 Å². The molecule has 0 saturated heterocycles. The Bertz CT molecular complexity index is 658. The van der Waals surface area contributed by atoms with Gasteiger partial charge in [-0.15, -0.1) is 10.2 Å². The average molecular weight is 307 g/mol. The molecule has 3 N–H and O–H groups in total. The zero-order valence-corrected chi connectivity index (χ0v) is 11.8. The third kappa shape index (κ3) is 3.80. The fourth-order valence-electron chi connectivity index (χ4n) is 1.65. The fourth-order valence-corrected chi connectivity index (χ4v) is 2.42. The number of nitrogens with two attached hydrogens (primary N) is 1. The number of aryl methyl sites for hydroxylation is 1. The smallest absolute Gasteiger partial charge is 0.282 e. The van der Waals surface area contributed by atoms with Gasteiger partial charge in [-0.05, 0) is 19.0 Å². The van der Waals surface area contributed by atoms with E-state index in [2.05, 4.69) is 15.5 Å². The summed E-state index contributed by atoms with van der Waals surface area (Å²) < 4.78 is 0. The molecule has 0 aliphatic heterocycles. The van der Waals surface area contributed by atoms with Gasteiger partial charge in [-0.25, -0.2) is 0 Å². The Hall–Kier alpha value is -2.39. The summed E-state index contributed by atoms with van der Waals surface area (Å²) in [6.07, 6.45) is 1.47. The van der Waals surface area contributed by atoms with Crippen LogP contribution in [0.1, 0.15) is 21.8 Å². The van der Waals surface area contributed by atoms with Gasteiger partial charge in [0.25, 0.3) is 11.6 Å². The van der Waals surface area contributed by atoms with Gasteiger partial charge in [0.05, 0.1) is 4.92 Å². The number of nitrogens with zero attached hydrogens (tertiary/aromatic N) is 3. The molecule has 110 valence electrons. The second-order valence-electron chi connectivity index (χ2n) is 4.12. The number of carbonyl (C=O) groups is 1. The third-order valence-corrected chi connectivity index (χ3v) is 3.53. The Balaban J connectivity index is 2.11. The zero-order valence-electron chi connectivity index (χ0n) is 11.0. The van der Waals surface area contributed by atoms with E-state index in [9.17, 15) is 14.9 Å². The van der Waals surface area contributed by atoms with Crippen LogP contribution in [0.2, 0.25) is 0 Å². The average Bonchev–Trinajstić information content (AvgIpc) is 2.92. The van der Waals surface area contributed by atoms with Crippen molar-refractivity contribution in [1.29, 1.82) is 0 Å². The predicted octanol–water partition coefficient (Wildman–Crippen LogP) is 1.59. The molecule has 0 fully saturated rings. The maximum absolute atomic E-state index is 12.1. The number of carbonyl (C=O) groups excluding carboxylic acids is 1. The molecule has 2 aromatic rings. The highest BCUT2D eigenvalue weighted by atomic mass is 32.1. The number of benzene rings is 1. The molecule has 1 aromatic heterocycles. The molecule has 2 rings (SSSR count). The van der Waals surface area contributed by atoms with E-state index in [0.29, 0.717) is 18.1 Å². The lowest BCUT2D eigenvalue weighted by atomic mass is 10.1. The molecule has 1 aromatic carbocycles. The zero-order chi connectivity index (χ0) is 15.2. The van der Waals surface area contributed by atoms with Gasteiger partial charge in [0.15, 0.2) is 0 Å². The number of para-hydroxylation sites is 1. The molecule has 9 heteroatoms. The van der Waals surface area contributed by atoms with E-state index < -0.39 is 10.8 Å². The lowest BCUT2D eigenvalue weighted by Gasteiger charge is -2.01. The van der Waals surface area contributed by atoms with Gasteiger partial charge in [-0.2, -0.15) is 0 Å². The summed E-state index contributed by atoms with van der Waals surface area (Å²) in [5.74, 6) is -0.580. The maximum Gasteiger partial charge on any atom is 0.282 e. The molecule has 21 heavy (non-hydrogen) atoms. The van der Waals surface area contributed by atoms with Gasteiger partial charge >= 0.3 is 0 Å². The molecule has 0 aliphatic rings. The SMILES string of the molecule is NCCCc1nnc(NC(=O)c2ccccc2[N+](=O)[O-])s1. The van der Waals surface area contributed by atoms with Crippen molar-refractivity contribution in [2.45, 2.75) is 12.8 Å². The van der Waals surface area contributed by atoms with Gasteiger partial charge in [0.2, 0.25) is 5.13 Å². The van der Waals surface area contributed by atoms with Crippen molar-refractivity contribution in [2.75, 3.05) is 11.9 Å². The van der Waals surface area contributed by atoms with E-state index in [1.54, 1.807) is 6.07 Å². The molecule has 8 nitrogen and oxygen atoms in total. The Morgan fingerprint density at radius 1 is 1.38 bits per heavy atom. The van der Waals surface area contributed by atoms with Crippen molar-refractivity contribution in [3.8, 4) is 0 Å². The number of nitrogens with one attached hydrogen (secondary N) is 1. The van der Waals surface area contributed by atoms with Crippen molar-refractivity contribution in [2.24, 2.45) is 5.73 Å². The summed E-state index contributed by atoms with van der Waals surface area (Å²) in [6.45, 7) is 0.553. The number of aromatic nitrogens is 2. The third-order valence-electron chi connectivity index (χ3n) is 2.63. The molecule has 0 atom stereocenters. The number of hydrogen-bond donors (Lipinski definition) is 2. The molecule has 0 aliphatic carbocycles. The normalized spacial score (nSPS) is 10.3. The number of rotatable bonds is 6. The summed E-state index contributed by atoms with van der Waals surface area (Å²) in [7, 11) is 0. The lowest BCUT2D eigenvalue weighted by Crippen LogP contribution is -2.13. The van der Waals surface area contributed by atoms with Gasteiger partial charge in [0.1, 0.15) is 10.6 Å². The number of anilines is 1. The van der Waals surface area contributed by atoms with Crippen LogP contribution in [0.15, 0.2) is 24.3 Å². The molecule has 0 saturated carbocycles.